The number of halogens is 1. The molecule has 1 atom stereocenters. The Morgan fingerprint density at radius 2 is 1.70 bits per heavy atom. The van der Waals surface area contributed by atoms with Crippen LogP contribution in [0, 0.1) is 5.82 Å². The maximum Gasteiger partial charge on any atom is 0.232 e. The third kappa shape index (κ3) is 6.87. The average Bonchev–Trinajstić information content (AvgIpc) is 3.23. The summed E-state index contributed by atoms with van der Waals surface area (Å²) in [7, 11) is 0. The highest BCUT2D eigenvalue weighted by Crippen LogP contribution is 2.32. The van der Waals surface area contributed by atoms with Crippen molar-refractivity contribution in [1.29, 1.82) is 0 Å². The molecule has 0 radical (unpaired) electrons. The minimum Gasteiger partial charge on any atom is -0.389 e. The second-order valence-corrected chi connectivity index (χ2v) is 7.96. The Hall–Kier alpha value is -2.74. The van der Waals surface area contributed by atoms with Gasteiger partial charge in [-0.3, -0.25) is 4.90 Å². The van der Waals surface area contributed by atoms with Gasteiger partial charge >= 0.3 is 0 Å². The molecule has 0 bridgehead atoms. The summed E-state index contributed by atoms with van der Waals surface area (Å²) >= 11 is 0. The SMILES string of the molecule is CCOCC(O)CN(Cc1ccc(F)cc1)Cc1c(-c2ccccc2)noc1N(CC)CC. The molecule has 2 aromatic carbocycles. The summed E-state index contributed by atoms with van der Waals surface area (Å²) in [5.74, 6) is 0.471. The summed E-state index contributed by atoms with van der Waals surface area (Å²) in [4.78, 5) is 4.27. The Morgan fingerprint density at radius 3 is 2.33 bits per heavy atom. The maximum atomic E-state index is 13.4. The fourth-order valence-electron chi connectivity index (χ4n) is 3.89. The standard InChI is InChI=1S/C26H34FN3O3/c1-4-30(5-2)26-24(25(28-33-26)21-10-8-7-9-11-21)18-29(17-23(31)19-32-6-3)16-20-12-14-22(27)15-13-20/h7-15,23,31H,4-6,16-19H2,1-3H3. The minimum atomic E-state index is -0.651. The molecule has 1 N–H and O–H groups in total. The van der Waals surface area contributed by atoms with Gasteiger partial charge in [-0.1, -0.05) is 47.6 Å². The van der Waals surface area contributed by atoms with E-state index in [0.717, 1.165) is 41.4 Å². The lowest BCUT2D eigenvalue weighted by Gasteiger charge is -2.27. The first-order valence-electron chi connectivity index (χ1n) is 11.6. The zero-order valence-electron chi connectivity index (χ0n) is 19.7. The van der Waals surface area contributed by atoms with Crippen molar-refractivity contribution >= 4 is 5.88 Å². The van der Waals surface area contributed by atoms with Crippen LogP contribution in [0.25, 0.3) is 11.3 Å². The molecule has 0 amide bonds. The van der Waals surface area contributed by atoms with Crippen molar-refractivity contribution in [1.82, 2.24) is 10.1 Å². The third-order valence-corrected chi connectivity index (χ3v) is 5.55. The van der Waals surface area contributed by atoms with Crippen molar-refractivity contribution in [2.45, 2.75) is 40.0 Å². The quantitative estimate of drug-likeness (QED) is 0.402. The van der Waals surface area contributed by atoms with Crippen LogP contribution < -0.4 is 4.90 Å². The van der Waals surface area contributed by atoms with Gasteiger partial charge in [-0.15, -0.1) is 0 Å². The molecule has 1 unspecified atom stereocenters. The normalized spacial score (nSPS) is 12.3. The first-order valence-corrected chi connectivity index (χ1v) is 11.6. The highest BCUT2D eigenvalue weighted by atomic mass is 19.1. The lowest BCUT2D eigenvalue weighted by molar-refractivity contribution is 0.0180. The molecule has 1 heterocycles. The van der Waals surface area contributed by atoms with Crippen LogP contribution in [0.1, 0.15) is 31.9 Å². The van der Waals surface area contributed by atoms with Gasteiger partial charge in [0.05, 0.1) is 18.3 Å². The second kappa shape index (κ2) is 12.5. The predicted octanol–water partition coefficient (Wildman–Crippen LogP) is 4.73. The zero-order chi connectivity index (χ0) is 23.6. The number of aliphatic hydroxyl groups excluding tert-OH is 1. The molecule has 1 aromatic heterocycles. The number of nitrogens with zero attached hydrogens (tertiary/aromatic N) is 3. The number of aromatic nitrogens is 1. The molecule has 0 spiro atoms. The molecule has 0 saturated heterocycles. The molecule has 0 aliphatic rings. The number of hydrogen-bond acceptors (Lipinski definition) is 6. The Morgan fingerprint density at radius 1 is 1.00 bits per heavy atom. The van der Waals surface area contributed by atoms with Gasteiger partial charge in [-0.25, -0.2) is 4.39 Å². The Bertz CT molecular complexity index is 959. The molecule has 0 fully saturated rings. The van der Waals surface area contributed by atoms with Crippen LogP contribution >= 0.6 is 0 Å². The number of benzene rings is 2. The zero-order valence-corrected chi connectivity index (χ0v) is 19.7. The van der Waals surface area contributed by atoms with Crippen LogP contribution in [0.2, 0.25) is 0 Å². The van der Waals surface area contributed by atoms with Crippen LogP contribution in [0.5, 0.6) is 0 Å². The van der Waals surface area contributed by atoms with Gasteiger partial charge in [0.1, 0.15) is 11.5 Å². The van der Waals surface area contributed by atoms with Gasteiger partial charge in [0.15, 0.2) is 0 Å². The molecule has 3 aromatic rings. The second-order valence-electron chi connectivity index (χ2n) is 7.96. The monoisotopic (exact) mass is 455 g/mol. The molecule has 6 nitrogen and oxygen atoms in total. The number of anilines is 1. The maximum absolute atomic E-state index is 13.4. The topological polar surface area (TPSA) is 62.0 Å². The van der Waals surface area contributed by atoms with Crippen molar-refractivity contribution in [2.24, 2.45) is 0 Å². The molecule has 7 heteroatoms. The van der Waals surface area contributed by atoms with Crippen LogP contribution in [0.4, 0.5) is 10.3 Å². The Kier molecular flexibility index (Phi) is 9.42. The van der Waals surface area contributed by atoms with Crippen molar-refractivity contribution in [2.75, 3.05) is 37.7 Å². The summed E-state index contributed by atoms with van der Waals surface area (Å²) in [6.07, 6.45) is -0.651. The lowest BCUT2D eigenvalue weighted by Crippen LogP contribution is -2.35. The van der Waals surface area contributed by atoms with Crippen molar-refractivity contribution in [3.63, 3.8) is 0 Å². The van der Waals surface area contributed by atoms with Crippen LogP contribution in [0.15, 0.2) is 59.1 Å². The van der Waals surface area contributed by atoms with Gasteiger partial charge in [0, 0.05) is 44.9 Å². The van der Waals surface area contributed by atoms with E-state index in [1.165, 1.54) is 12.1 Å². The molecular formula is C26H34FN3O3. The van der Waals surface area contributed by atoms with Gasteiger partial charge in [0.2, 0.25) is 5.88 Å². The molecule has 33 heavy (non-hydrogen) atoms. The summed E-state index contributed by atoms with van der Waals surface area (Å²) in [6.45, 7) is 9.91. The summed E-state index contributed by atoms with van der Waals surface area (Å²) in [5, 5.41) is 15.0. The highest BCUT2D eigenvalue weighted by molar-refractivity contribution is 5.68. The molecule has 178 valence electrons. The van der Waals surface area contributed by atoms with Crippen molar-refractivity contribution in [3.8, 4) is 11.3 Å². The van der Waals surface area contributed by atoms with E-state index in [0.29, 0.717) is 26.2 Å². The van der Waals surface area contributed by atoms with E-state index in [-0.39, 0.29) is 12.4 Å². The molecule has 0 aliphatic heterocycles. The summed E-state index contributed by atoms with van der Waals surface area (Å²) in [6, 6.07) is 16.4. The number of aliphatic hydroxyl groups is 1. The fraction of sp³-hybridized carbons (Fsp3) is 0.423. The molecular weight excluding hydrogens is 421 g/mol. The third-order valence-electron chi connectivity index (χ3n) is 5.55. The first-order chi connectivity index (χ1) is 16.0. The van der Waals surface area contributed by atoms with Crippen LogP contribution in [-0.4, -0.2) is 54.1 Å². The van der Waals surface area contributed by atoms with Gasteiger partial charge in [0.25, 0.3) is 0 Å². The lowest BCUT2D eigenvalue weighted by atomic mass is 10.1. The van der Waals surface area contributed by atoms with Crippen LogP contribution in [0.3, 0.4) is 0 Å². The Balaban J connectivity index is 1.95. The van der Waals surface area contributed by atoms with Crippen LogP contribution in [-0.2, 0) is 17.8 Å². The molecule has 0 aliphatic carbocycles. The average molecular weight is 456 g/mol. The van der Waals surface area contributed by atoms with E-state index in [9.17, 15) is 9.50 Å². The predicted molar refractivity (Wildman–Crippen MR) is 129 cm³/mol. The van der Waals surface area contributed by atoms with Gasteiger partial charge in [-0.2, -0.15) is 0 Å². The Labute approximate surface area is 195 Å². The van der Waals surface area contributed by atoms with E-state index in [4.69, 9.17) is 9.26 Å². The number of ether oxygens (including phenoxy) is 1. The van der Waals surface area contributed by atoms with E-state index >= 15 is 0 Å². The van der Waals surface area contributed by atoms with E-state index in [2.05, 4.69) is 28.8 Å². The van der Waals surface area contributed by atoms with Gasteiger partial charge in [-0.05, 0) is 38.5 Å². The van der Waals surface area contributed by atoms with Crippen molar-refractivity contribution < 1.29 is 18.8 Å². The molecule has 0 saturated carbocycles. The van der Waals surface area contributed by atoms with E-state index in [1.807, 2.05) is 37.3 Å². The van der Waals surface area contributed by atoms with Gasteiger partial charge < -0.3 is 19.3 Å². The summed E-state index contributed by atoms with van der Waals surface area (Å²) < 4.78 is 24.7. The fourth-order valence-corrected chi connectivity index (χ4v) is 3.89. The first kappa shape index (κ1) is 24.9. The minimum absolute atomic E-state index is 0.258. The van der Waals surface area contributed by atoms with E-state index < -0.39 is 6.10 Å². The van der Waals surface area contributed by atoms with E-state index in [1.54, 1.807) is 12.1 Å². The summed E-state index contributed by atoms with van der Waals surface area (Å²) in [5.41, 5.74) is 3.70. The molecule has 3 rings (SSSR count). The highest BCUT2D eigenvalue weighted by Gasteiger charge is 2.24. The number of hydrogen-bond donors (Lipinski definition) is 1. The smallest absolute Gasteiger partial charge is 0.232 e. The van der Waals surface area contributed by atoms with Crippen molar-refractivity contribution in [3.05, 3.63) is 71.5 Å². The largest absolute Gasteiger partial charge is 0.389 e. The number of rotatable bonds is 13.